The van der Waals surface area contributed by atoms with E-state index >= 15 is 0 Å². The van der Waals surface area contributed by atoms with Crippen molar-refractivity contribution in [1.29, 1.82) is 0 Å². The summed E-state index contributed by atoms with van der Waals surface area (Å²) in [6.45, 7) is 5.65. The molecular formula is C12H20N4OS. The third-order valence-electron chi connectivity index (χ3n) is 3.20. The summed E-state index contributed by atoms with van der Waals surface area (Å²) < 4.78 is 0. The predicted molar refractivity (Wildman–Crippen MR) is 74.9 cm³/mol. The lowest BCUT2D eigenvalue weighted by Gasteiger charge is -2.10. The number of thiazole rings is 1. The second kappa shape index (κ2) is 5.56. The van der Waals surface area contributed by atoms with Gasteiger partial charge in [-0.05, 0) is 31.6 Å². The lowest BCUT2D eigenvalue weighted by atomic mass is 10.1. The first-order chi connectivity index (χ1) is 8.61. The van der Waals surface area contributed by atoms with Crippen LogP contribution in [0.1, 0.15) is 36.4 Å². The largest absolute Gasteiger partial charge is 0.382 e. The fourth-order valence-electron chi connectivity index (χ4n) is 1.89. The number of rotatable bonds is 6. The molecule has 0 bridgehead atoms. The zero-order chi connectivity index (χ0) is 13.1. The molecule has 0 aliphatic heterocycles. The molecule has 1 unspecified atom stereocenters. The van der Waals surface area contributed by atoms with E-state index in [1.807, 2.05) is 6.92 Å². The highest BCUT2D eigenvalue weighted by Crippen LogP contribution is 2.36. The molecule has 1 amide bonds. The minimum absolute atomic E-state index is 0.110. The molecule has 100 valence electrons. The summed E-state index contributed by atoms with van der Waals surface area (Å²) in [5.41, 5.74) is 5.75. The molecule has 18 heavy (non-hydrogen) atoms. The van der Waals surface area contributed by atoms with Crippen molar-refractivity contribution in [1.82, 2.24) is 10.3 Å². The first-order valence-corrected chi connectivity index (χ1v) is 7.21. The summed E-state index contributed by atoms with van der Waals surface area (Å²) in [6.07, 6.45) is 2.59. The third-order valence-corrected chi connectivity index (χ3v) is 4.23. The van der Waals surface area contributed by atoms with E-state index in [1.165, 1.54) is 24.2 Å². The van der Waals surface area contributed by atoms with Crippen LogP contribution in [0.4, 0.5) is 10.9 Å². The van der Waals surface area contributed by atoms with Gasteiger partial charge in [0.2, 0.25) is 0 Å². The number of hydrogen-bond acceptors (Lipinski definition) is 5. The number of nitrogen functional groups attached to an aromatic ring is 1. The molecule has 1 aromatic rings. The van der Waals surface area contributed by atoms with Gasteiger partial charge in [-0.1, -0.05) is 18.3 Å². The minimum Gasteiger partial charge on any atom is -0.382 e. The van der Waals surface area contributed by atoms with Crippen LogP contribution in [0.3, 0.4) is 0 Å². The van der Waals surface area contributed by atoms with Crippen LogP contribution in [0.15, 0.2) is 0 Å². The molecule has 5 nitrogen and oxygen atoms in total. The number of nitrogens with one attached hydrogen (secondary N) is 2. The number of carbonyl (C=O) groups is 1. The van der Waals surface area contributed by atoms with E-state index in [0.29, 0.717) is 21.7 Å². The SMILES string of the molecule is CCNc1nc(N)c(C(=O)NCC(C)C2CC2)s1. The van der Waals surface area contributed by atoms with E-state index in [0.717, 1.165) is 19.0 Å². The average Bonchev–Trinajstić information content (AvgIpc) is 3.11. The molecule has 0 spiro atoms. The van der Waals surface area contributed by atoms with Crippen molar-refractivity contribution in [3.05, 3.63) is 4.88 Å². The van der Waals surface area contributed by atoms with Crippen LogP contribution < -0.4 is 16.4 Å². The summed E-state index contributed by atoms with van der Waals surface area (Å²) in [4.78, 5) is 16.6. The van der Waals surface area contributed by atoms with Crippen LogP contribution in [0.25, 0.3) is 0 Å². The number of nitrogens with zero attached hydrogens (tertiary/aromatic N) is 1. The van der Waals surface area contributed by atoms with E-state index in [2.05, 4.69) is 22.5 Å². The fourth-order valence-corrected chi connectivity index (χ4v) is 2.76. The summed E-state index contributed by atoms with van der Waals surface area (Å²) in [6, 6.07) is 0. The lowest BCUT2D eigenvalue weighted by molar-refractivity contribution is 0.0951. The Labute approximate surface area is 111 Å². The highest BCUT2D eigenvalue weighted by Gasteiger charge is 2.28. The van der Waals surface area contributed by atoms with Gasteiger partial charge >= 0.3 is 0 Å². The number of aromatic nitrogens is 1. The molecule has 1 saturated carbocycles. The van der Waals surface area contributed by atoms with Crippen molar-refractivity contribution in [2.75, 3.05) is 24.1 Å². The Balaban J connectivity index is 1.90. The average molecular weight is 268 g/mol. The molecule has 1 aliphatic carbocycles. The van der Waals surface area contributed by atoms with Crippen molar-refractivity contribution >= 4 is 28.2 Å². The molecule has 4 N–H and O–H groups in total. The number of nitrogens with two attached hydrogens (primary N) is 1. The first-order valence-electron chi connectivity index (χ1n) is 6.40. The van der Waals surface area contributed by atoms with Crippen LogP contribution in [0.5, 0.6) is 0 Å². The number of anilines is 2. The Bertz CT molecular complexity index is 428. The highest BCUT2D eigenvalue weighted by molar-refractivity contribution is 7.18. The Morgan fingerprint density at radius 2 is 2.33 bits per heavy atom. The van der Waals surface area contributed by atoms with Gasteiger partial charge in [0.1, 0.15) is 10.7 Å². The molecule has 1 atom stereocenters. The van der Waals surface area contributed by atoms with Gasteiger partial charge < -0.3 is 16.4 Å². The van der Waals surface area contributed by atoms with E-state index in [4.69, 9.17) is 5.73 Å². The van der Waals surface area contributed by atoms with Crippen molar-refractivity contribution in [2.45, 2.75) is 26.7 Å². The Kier molecular flexibility index (Phi) is 4.06. The van der Waals surface area contributed by atoms with E-state index < -0.39 is 0 Å². The van der Waals surface area contributed by atoms with Gasteiger partial charge in [0, 0.05) is 13.1 Å². The molecule has 0 saturated heterocycles. The Morgan fingerprint density at radius 1 is 1.61 bits per heavy atom. The quantitative estimate of drug-likeness (QED) is 0.736. The maximum absolute atomic E-state index is 12.0. The number of amides is 1. The molecular weight excluding hydrogens is 248 g/mol. The Morgan fingerprint density at radius 3 is 2.94 bits per heavy atom. The van der Waals surface area contributed by atoms with Crippen molar-refractivity contribution in [3.63, 3.8) is 0 Å². The standard InChI is InChI=1S/C12H20N4OS/c1-3-14-12-16-10(13)9(18-12)11(17)15-6-7(2)8-4-5-8/h7-8H,3-6,13H2,1-2H3,(H,14,16)(H,15,17). The zero-order valence-corrected chi connectivity index (χ0v) is 11.6. The first kappa shape index (κ1) is 13.1. The van der Waals surface area contributed by atoms with Crippen LogP contribution in [-0.4, -0.2) is 24.0 Å². The molecule has 0 aromatic carbocycles. The topological polar surface area (TPSA) is 80.0 Å². The van der Waals surface area contributed by atoms with Crippen LogP contribution >= 0.6 is 11.3 Å². The summed E-state index contributed by atoms with van der Waals surface area (Å²) >= 11 is 1.31. The maximum Gasteiger partial charge on any atom is 0.265 e. The van der Waals surface area contributed by atoms with Crippen molar-refractivity contribution < 1.29 is 4.79 Å². The van der Waals surface area contributed by atoms with E-state index in [-0.39, 0.29) is 5.91 Å². The van der Waals surface area contributed by atoms with E-state index in [1.54, 1.807) is 0 Å². The van der Waals surface area contributed by atoms with Crippen molar-refractivity contribution in [3.8, 4) is 0 Å². The van der Waals surface area contributed by atoms with Crippen LogP contribution in [0, 0.1) is 11.8 Å². The molecule has 2 rings (SSSR count). The second-order valence-electron chi connectivity index (χ2n) is 4.79. The van der Waals surface area contributed by atoms with Gasteiger partial charge in [0.15, 0.2) is 5.13 Å². The van der Waals surface area contributed by atoms with Gasteiger partial charge in [-0.3, -0.25) is 4.79 Å². The number of hydrogen-bond donors (Lipinski definition) is 3. The van der Waals surface area contributed by atoms with Gasteiger partial charge in [0.25, 0.3) is 5.91 Å². The summed E-state index contributed by atoms with van der Waals surface area (Å²) in [7, 11) is 0. The third kappa shape index (κ3) is 3.13. The summed E-state index contributed by atoms with van der Waals surface area (Å²) in [5, 5.41) is 6.71. The lowest BCUT2D eigenvalue weighted by Crippen LogP contribution is -2.28. The van der Waals surface area contributed by atoms with Gasteiger partial charge in [0.05, 0.1) is 0 Å². The normalized spacial score (nSPS) is 16.3. The van der Waals surface area contributed by atoms with E-state index in [9.17, 15) is 4.79 Å². The second-order valence-corrected chi connectivity index (χ2v) is 5.79. The highest BCUT2D eigenvalue weighted by atomic mass is 32.1. The Hall–Kier alpha value is -1.30. The number of carbonyl (C=O) groups excluding carboxylic acids is 1. The molecule has 1 aromatic heterocycles. The van der Waals surface area contributed by atoms with Crippen LogP contribution in [-0.2, 0) is 0 Å². The minimum atomic E-state index is -0.110. The molecule has 1 aliphatic rings. The van der Waals surface area contributed by atoms with Gasteiger partial charge in [-0.25, -0.2) is 4.98 Å². The molecule has 6 heteroatoms. The van der Waals surface area contributed by atoms with Gasteiger partial charge in [-0.15, -0.1) is 0 Å². The zero-order valence-electron chi connectivity index (χ0n) is 10.8. The molecule has 1 heterocycles. The smallest absolute Gasteiger partial charge is 0.265 e. The summed E-state index contributed by atoms with van der Waals surface area (Å²) in [5.74, 6) is 1.55. The fraction of sp³-hybridized carbons (Fsp3) is 0.667. The van der Waals surface area contributed by atoms with Gasteiger partial charge in [-0.2, -0.15) is 0 Å². The molecule has 1 fully saturated rings. The maximum atomic E-state index is 12.0. The predicted octanol–water partition coefficient (Wildman–Crippen LogP) is 1.93. The van der Waals surface area contributed by atoms with Crippen molar-refractivity contribution in [2.24, 2.45) is 11.8 Å². The molecule has 0 radical (unpaired) electrons. The monoisotopic (exact) mass is 268 g/mol. The van der Waals surface area contributed by atoms with Crippen LogP contribution in [0.2, 0.25) is 0 Å².